The summed E-state index contributed by atoms with van der Waals surface area (Å²) < 4.78 is 32.9. The van der Waals surface area contributed by atoms with E-state index in [0.717, 1.165) is 6.42 Å². The lowest BCUT2D eigenvalue weighted by atomic mass is 10.1. The Morgan fingerprint density at radius 2 is 1.78 bits per heavy atom. The second-order valence-electron chi connectivity index (χ2n) is 6.42. The SMILES string of the molecule is O=C(c1cccc(S(=O)(=O)NCCCc2ccccc2)c1)N1CCOCC1. The number of nitrogens with one attached hydrogen (secondary N) is 1. The van der Waals surface area contributed by atoms with Gasteiger partial charge in [-0.2, -0.15) is 0 Å². The summed E-state index contributed by atoms with van der Waals surface area (Å²) in [6.45, 7) is 2.40. The third kappa shape index (κ3) is 5.38. The zero-order valence-corrected chi connectivity index (χ0v) is 16.0. The highest BCUT2D eigenvalue weighted by Crippen LogP contribution is 2.14. The fraction of sp³-hybridized carbons (Fsp3) is 0.350. The molecule has 1 amide bonds. The third-order valence-electron chi connectivity index (χ3n) is 4.47. The van der Waals surface area contributed by atoms with Gasteiger partial charge in [-0.25, -0.2) is 13.1 Å². The molecule has 3 rings (SSSR count). The number of ether oxygens (including phenoxy) is 1. The summed E-state index contributed by atoms with van der Waals surface area (Å²) in [7, 11) is -3.65. The number of hydrogen-bond acceptors (Lipinski definition) is 4. The standard InChI is InChI=1S/C20H24N2O4S/c23-20(22-12-14-26-15-13-22)18-9-4-10-19(16-18)27(24,25)21-11-5-8-17-6-2-1-3-7-17/h1-4,6-7,9-10,16,21H,5,8,11-15H2. The largest absolute Gasteiger partial charge is 0.378 e. The van der Waals surface area contributed by atoms with Crippen molar-refractivity contribution in [3.05, 3.63) is 65.7 Å². The van der Waals surface area contributed by atoms with Crippen LogP contribution >= 0.6 is 0 Å². The Balaban J connectivity index is 1.59. The maximum absolute atomic E-state index is 12.6. The molecule has 27 heavy (non-hydrogen) atoms. The quantitative estimate of drug-likeness (QED) is 0.737. The van der Waals surface area contributed by atoms with E-state index in [1.807, 2.05) is 30.3 Å². The van der Waals surface area contributed by atoms with Gasteiger partial charge < -0.3 is 9.64 Å². The Morgan fingerprint density at radius 3 is 2.52 bits per heavy atom. The van der Waals surface area contributed by atoms with Crippen LogP contribution in [-0.4, -0.2) is 52.1 Å². The highest BCUT2D eigenvalue weighted by molar-refractivity contribution is 7.89. The Hall–Kier alpha value is -2.22. The van der Waals surface area contributed by atoms with Crippen LogP contribution in [0.25, 0.3) is 0 Å². The predicted molar refractivity (Wildman–Crippen MR) is 103 cm³/mol. The molecule has 7 heteroatoms. The number of nitrogens with zero attached hydrogens (tertiary/aromatic N) is 1. The van der Waals surface area contributed by atoms with Crippen molar-refractivity contribution in [2.45, 2.75) is 17.7 Å². The van der Waals surface area contributed by atoms with Crippen LogP contribution in [0.2, 0.25) is 0 Å². The molecule has 6 nitrogen and oxygen atoms in total. The number of carbonyl (C=O) groups is 1. The number of hydrogen-bond donors (Lipinski definition) is 1. The molecular weight excluding hydrogens is 364 g/mol. The van der Waals surface area contributed by atoms with Gasteiger partial charge in [-0.3, -0.25) is 4.79 Å². The molecule has 144 valence electrons. The molecule has 0 bridgehead atoms. The van der Waals surface area contributed by atoms with Gasteiger partial charge in [0, 0.05) is 25.2 Å². The van der Waals surface area contributed by atoms with Crippen molar-refractivity contribution >= 4 is 15.9 Å². The van der Waals surface area contributed by atoms with E-state index in [-0.39, 0.29) is 10.8 Å². The van der Waals surface area contributed by atoms with E-state index in [2.05, 4.69) is 4.72 Å². The zero-order valence-electron chi connectivity index (χ0n) is 15.1. The predicted octanol–water partition coefficient (Wildman–Crippen LogP) is 2.07. The van der Waals surface area contributed by atoms with Crippen molar-refractivity contribution in [3.8, 4) is 0 Å². The fourth-order valence-corrected chi connectivity index (χ4v) is 4.09. The number of sulfonamides is 1. The molecule has 2 aromatic rings. The molecule has 0 aromatic heterocycles. The van der Waals surface area contributed by atoms with Crippen LogP contribution < -0.4 is 4.72 Å². The van der Waals surface area contributed by atoms with E-state index >= 15 is 0 Å². The first kappa shape index (κ1) is 19.5. The van der Waals surface area contributed by atoms with Gasteiger partial charge in [0.2, 0.25) is 10.0 Å². The topological polar surface area (TPSA) is 75.7 Å². The van der Waals surface area contributed by atoms with Gasteiger partial charge in [-0.15, -0.1) is 0 Å². The number of rotatable bonds is 7. The molecule has 1 heterocycles. The molecule has 0 radical (unpaired) electrons. The van der Waals surface area contributed by atoms with Crippen molar-refractivity contribution in [1.82, 2.24) is 9.62 Å². The first-order valence-corrected chi connectivity index (χ1v) is 10.6. The van der Waals surface area contributed by atoms with E-state index in [0.29, 0.717) is 44.8 Å². The van der Waals surface area contributed by atoms with Crippen molar-refractivity contribution < 1.29 is 17.9 Å². The first-order chi connectivity index (χ1) is 13.1. The molecule has 1 saturated heterocycles. The molecular formula is C20H24N2O4S. The van der Waals surface area contributed by atoms with Crippen molar-refractivity contribution in [3.63, 3.8) is 0 Å². The van der Waals surface area contributed by atoms with Crippen LogP contribution in [0.3, 0.4) is 0 Å². The average Bonchev–Trinajstić information content (AvgIpc) is 2.72. The van der Waals surface area contributed by atoms with Crippen LogP contribution in [0.4, 0.5) is 0 Å². The molecule has 0 saturated carbocycles. The molecule has 2 aromatic carbocycles. The maximum atomic E-state index is 12.6. The van der Waals surface area contributed by atoms with Crippen LogP contribution in [0.1, 0.15) is 22.3 Å². The Morgan fingerprint density at radius 1 is 1.04 bits per heavy atom. The van der Waals surface area contributed by atoms with Crippen molar-refractivity contribution in [1.29, 1.82) is 0 Å². The van der Waals surface area contributed by atoms with Crippen molar-refractivity contribution in [2.24, 2.45) is 0 Å². The lowest BCUT2D eigenvalue weighted by molar-refractivity contribution is 0.0302. The molecule has 1 N–H and O–H groups in total. The normalized spacial score (nSPS) is 14.9. The smallest absolute Gasteiger partial charge is 0.254 e. The second-order valence-corrected chi connectivity index (χ2v) is 8.19. The summed E-state index contributed by atoms with van der Waals surface area (Å²) in [6, 6.07) is 16.1. The molecule has 1 aliphatic rings. The summed E-state index contributed by atoms with van der Waals surface area (Å²) in [5.74, 6) is -0.167. The monoisotopic (exact) mass is 388 g/mol. The van der Waals surface area contributed by atoms with E-state index < -0.39 is 10.0 Å². The summed E-state index contributed by atoms with van der Waals surface area (Å²) in [4.78, 5) is 14.3. The van der Waals surface area contributed by atoms with Crippen LogP contribution in [-0.2, 0) is 21.2 Å². The van der Waals surface area contributed by atoms with Crippen LogP contribution in [0.15, 0.2) is 59.5 Å². The van der Waals surface area contributed by atoms with E-state index in [1.165, 1.54) is 17.7 Å². The minimum Gasteiger partial charge on any atom is -0.378 e. The lowest BCUT2D eigenvalue weighted by Gasteiger charge is -2.27. The van der Waals surface area contributed by atoms with Gasteiger partial charge in [-0.05, 0) is 36.6 Å². The van der Waals surface area contributed by atoms with E-state index in [4.69, 9.17) is 4.74 Å². The van der Waals surface area contributed by atoms with Gasteiger partial charge in [0.1, 0.15) is 0 Å². The molecule has 1 aliphatic heterocycles. The third-order valence-corrected chi connectivity index (χ3v) is 5.93. The average molecular weight is 388 g/mol. The fourth-order valence-electron chi connectivity index (χ4n) is 2.97. The molecule has 1 fully saturated rings. The number of morpholine rings is 1. The highest BCUT2D eigenvalue weighted by atomic mass is 32.2. The van der Waals surface area contributed by atoms with Gasteiger partial charge in [0.15, 0.2) is 0 Å². The van der Waals surface area contributed by atoms with E-state index in [1.54, 1.807) is 17.0 Å². The minimum absolute atomic E-state index is 0.112. The summed E-state index contributed by atoms with van der Waals surface area (Å²) in [5.41, 5.74) is 1.55. The van der Waals surface area contributed by atoms with Gasteiger partial charge in [-0.1, -0.05) is 36.4 Å². The molecule has 0 unspecified atom stereocenters. The maximum Gasteiger partial charge on any atom is 0.254 e. The van der Waals surface area contributed by atoms with Gasteiger partial charge in [0.05, 0.1) is 18.1 Å². The number of carbonyl (C=O) groups excluding carboxylic acids is 1. The molecule has 0 atom stereocenters. The Kier molecular flexibility index (Phi) is 6.60. The second kappa shape index (κ2) is 9.12. The highest BCUT2D eigenvalue weighted by Gasteiger charge is 2.21. The summed E-state index contributed by atoms with van der Waals surface area (Å²) in [5, 5.41) is 0. The zero-order chi connectivity index (χ0) is 19.1. The number of benzene rings is 2. The van der Waals surface area contributed by atoms with Crippen LogP contribution in [0, 0.1) is 0 Å². The van der Waals surface area contributed by atoms with Crippen LogP contribution in [0.5, 0.6) is 0 Å². The van der Waals surface area contributed by atoms with E-state index in [9.17, 15) is 13.2 Å². The van der Waals surface area contributed by atoms with Crippen molar-refractivity contribution in [2.75, 3.05) is 32.8 Å². The number of aryl methyl sites for hydroxylation is 1. The number of amides is 1. The Bertz CT molecular complexity index is 863. The Labute approximate surface area is 160 Å². The lowest BCUT2D eigenvalue weighted by Crippen LogP contribution is -2.40. The molecule has 0 spiro atoms. The van der Waals surface area contributed by atoms with Gasteiger partial charge in [0.25, 0.3) is 5.91 Å². The minimum atomic E-state index is -3.65. The summed E-state index contributed by atoms with van der Waals surface area (Å²) >= 11 is 0. The molecule has 0 aliphatic carbocycles. The summed E-state index contributed by atoms with van der Waals surface area (Å²) in [6.07, 6.45) is 1.51. The first-order valence-electron chi connectivity index (χ1n) is 9.07. The van der Waals surface area contributed by atoms with Gasteiger partial charge >= 0.3 is 0 Å².